The summed E-state index contributed by atoms with van der Waals surface area (Å²) in [4.78, 5) is 12.1. The zero-order valence-electron chi connectivity index (χ0n) is 14.7. The van der Waals surface area contributed by atoms with Crippen molar-refractivity contribution in [3.05, 3.63) is 47.8 Å². The quantitative estimate of drug-likeness (QED) is 0.547. The lowest BCUT2D eigenvalue weighted by Crippen LogP contribution is -2.02. The van der Waals surface area contributed by atoms with Crippen LogP contribution in [0.3, 0.4) is 0 Å². The molecule has 0 spiro atoms. The summed E-state index contributed by atoms with van der Waals surface area (Å²) in [6.45, 7) is 4.98. The Labute approximate surface area is 142 Å². The number of ketones is 1. The summed E-state index contributed by atoms with van der Waals surface area (Å²) in [5, 5.41) is 4.00. The fourth-order valence-electron chi connectivity index (χ4n) is 2.13. The molecule has 5 nitrogen and oxygen atoms in total. The van der Waals surface area contributed by atoms with Gasteiger partial charge in [-0.3, -0.25) is 9.48 Å². The van der Waals surface area contributed by atoms with Crippen LogP contribution in [0.2, 0.25) is 0 Å². The van der Waals surface area contributed by atoms with E-state index in [4.69, 9.17) is 9.47 Å². The highest BCUT2D eigenvalue weighted by Crippen LogP contribution is 2.29. The van der Waals surface area contributed by atoms with Crippen LogP contribution in [0.15, 0.2) is 36.7 Å². The third-order valence-electron chi connectivity index (χ3n) is 3.56. The monoisotopic (exact) mass is 328 g/mol. The van der Waals surface area contributed by atoms with Crippen LogP contribution in [0.4, 0.5) is 0 Å². The molecule has 1 aromatic carbocycles. The highest BCUT2D eigenvalue weighted by Gasteiger charge is 2.07. The highest BCUT2D eigenvalue weighted by atomic mass is 16.5. The van der Waals surface area contributed by atoms with E-state index in [1.54, 1.807) is 37.3 Å². The van der Waals surface area contributed by atoms with Crippen LogP contribution in [-0.2, 0) is 7.05 Å². The molecule has 2 aromatic rings. The Kier molecular flexibility index (Phi) is 6.18. The van der Waals surface area contributed by atoms with E-state index in [2.05, 4.69) is 18.9 Å². The van der Waals surface area contributed by atoms with E-state index in [0.717, 1.165) is 12.0 Å². The normalized spacial score (nSPS) is 11.2. The van der Waals surface area contributed by atoms with Crippen molar-refractivity contribution in [1.29, 1.82) is 0 Å². The Balaban J connectivity index is 2.05. The molecule has 1 aromatic heterocycles. The van der Waals surface area contributed by atoms with Crippen molar-refractivity contribution in [2.45, 2.75) is 20.3 Å². The van der Waals surface area contributed by atoms with Gasteiger partial charge in [0.15, 0.2) is 17.3 Å². The second-order valence-electron chi connectivity index (χ2n) is 6.04. The maximum Gasteiger partial charge on any atom is 0.189 e. The van der Waals surface area contributed by atoms with Crippen LogP contribution >= 0.6 is 0 Å². The molecular weight excluding hydrogens is 304 g/mol. The molecule has 0 amide bonds. The van der Waals surface area contributed by atoms with Gasteiger partial charge in [-0.2, -0.15) is 5.10 Å². The minimum Gasteiger partial charge on any atom is -0.493 e. The number of nitrogens with zero attached hydrogens (tertiary/aromatic N) is 2. The van der Waals surface area contributed by atoms with Crippen LogP contribution in [0.1, 0.15) is 36.2 Å². The lowest BCUT2D eigenvalue weighted by Gasteiger charge is -2.12. The van der Waals surface area contributed by atoms with Crippen molar-refractivity contribution in [3.63, 3.8) is 0 Å². The summed E-state index contributed by atoms with van der Waals surface area (Å²) in [6.07, 6.45) is 7.53. The van der Waals surface area contributed by atoms with Crippen LogP contribution in [-0.4, -0.2) is 29.3 Å². The zero-order valence-corrected chi connectivity index (χ0v) is 14.7. The van der Waals surface area contributed by atoms with Crippen molar-refractivity contribution in [3.8, 4) is 11.5 Å². The predicted octanol–water partition coefficient (Wildman–Crippen LogP) is 3.75. The SMILES string of the molecule is COc1cc(C=CC(=O)c2cnn(C)c2)ccc1OCCC(C)C. The second kappa shape index (κ2) is 8.34. The average Bonchev–Trinajstić information content (AvgIpc) is 2.99. The maximum absolute atomic E-state index is 12.1. The van der Waals surface area contributed by atoms with Crippen molar-refractivity contribution in [1.82, 2.24) is 9.78 Å². The molecular formula is C19H24N2O3. The van der Waals surface area contributed by atoms with Gasteiger partial charge in [0, 0.05) is 13.2 Å². The van der Waals surface area contributed by atoms with Gasteiger partial charge in [-0.15, -0.1) is 0 Å². The van der Waals surface area contributed by atoms with Crippen molar-refractivity contribution in [2.24, 2.45) is 13.0 Å². The van der Waals surface area contributed by atoms with Crippen molar-refractivity contribution in [2.75, 3.05) is 13.7 Å². The van der Waals surface area contributed by atoms with Crippen LogP contribution in [0, 0.1) is 5.92 Å². The lowest BCUT2D eigenvalue weighted by atomic mass is 10.1. The van der Waals surface area contributed by atoms with Gasteiger partial charge in [0.1, 0.15) is 0 Å². The molecule has 0 N–H and O–H groups in total. The van der Waals surface area contributed by atoms with Gasteiger partial charge in [0.2, 0.25) is 0 Å². The van der Waals surface area contributed by atoms with Crippen LogP contribution < -0.4 is 9.47 Å². The second-order valence-corrected chi connectivity index (χ2v) is 6.04. The number of aryl methyl sites for hydroxylation is 1. The van der Waals surface area contributed by atoms with Crippen molar-refractivity contribution < 1.29 is 14.3 Å². The third kappa shape index (κ3) is 4.98. The van der Waals surface area contributed by atoms with Crippen molar-refractivity contribution >= 4 is 11.9 Å². The molecule has 1 heterocycles. The number of rotatable bonds is 8. The summed E-state index contributed by atoms with van der Waals surface area (Å²) < 4.78 is 12.8. The van der Waals surface area contributed by atoms with Crippen LogP contribution in [0.25, 0.3) is 6.08 Å². The standard InChI is InChI=1S/C19H24N2O3/c1-14(2)9-10-24-18-8-6-15(11-19(18)23-4)5-7-17(22)16-12-20-21(3)13-16/h5-8,11-14H,9-10H2,1-4H3. The van der Waals surface area contributed by atoms with Gasteiger partial charge in [-0.1, -0.05) is 26.0 Å². The summed E-state index contributed by atoms with van der Waals surface area (Å²) >= 11 is 0. The number of methoxy groups -OCH3 is 1. The van der Waals surface area contributed by atoms with Gasteiger partial charge in [-0.05, 0) is 36.1 Å². The van der Waals surface area contributed by atoms with Crippen LogP contribution in [0.5, 0.6) is 11.5 Å². The van der Waals surface area contributed by atoms with E-state index < -0.39 is 0 Å². The average molecular weight is 328 g/mol. The molecule has 0 saturated carbocycles. The first-order valence-corrected chi connectivity index (χ1v) is 8.01. The molecule has 0 saturated heterocycles. The van der Waals surface area contributed by atoms with Gasteiger partial charge < -0.3 is 9.47 Å². The Hall–Kier alpha value is -2.56. The summed E-state index contributed by atoms with van der Waals surface area (Å²) in [5.41, 5.74) is 1.44. The van der Waals surface area contributed by atoms with Gasteiger partial charge in [0.05, 0.1) is 25.5 Å². The minimum absolute atomic E-state index is 0.0840. The van der Waals surface area contributed by atoms with Gasteiger partial charge in [-0.25, -0.2) is 0 Å². The number of benzene rings is 1. The Bertz CT molecular complexity index is 717. The van der Waals surface area contributed by atoms with Gasteiger partial charge >= 0.3 is 0 Å². The molecule has 2 rings (SSSR count). The van der Waals surface area contributed by atoms with E-state index in [9.17, 15) is 4.79 Å². The molecule has 0 radical (unpaired) electrons. The Morgan fingerprint density at radius 2 is 2.12 bits per heavy atom. The fraction of sp³-hybridized carbons (Fsp3) is 0.368. The minimum atomic E-state index is -0.0840. The third-order valence-corrected chi connectivity index (χ3v) is 3.56. The summed E-state index contributed by atoms with van der Waals surface area (Å²) in [7, 11) is 3.39. The number of carbonyl (C=O) groups excluding carboxylic acids is 1. The molecule has 0 unspecified atom stereocenters. The highest BCUT2D eigenvalue weighted by molar-refractivity contribution is 6.06. The molecule has 0 aliphatic rings. The zero-order chi connectivity index (χ0) is 17.5. The molecule has 128 valence electrons. The summed E-state index contributed by atoms with van der Waals surface area (Å²) in [5.74, 6) is 1.89. The lowest BCUT2D eigenvalue weighted by molar-refractivity contribution is 0.104. The molecule has 0 aliphatic heterocycles. The van der Waals surface area contributed by atoms with E-state index in [0.29, 0.717) is 29.6 Å². The number of carbonyl (C=O) groups is 1. The first-order chi connectivity index (χ1) is 11.5. The van der Waals surface area contributed by atoms with E-state index >= 15 is 0 Å². The summed E-state index contributed by atoms with van der Waals surface area (Å²) in [6, 6.07) is 5.63. The molecule has 24 heavy (non-hydrogen) atoms. The Morgan fingerprint density at radius 3 is 2.75 bits per heavy atom. The Morgan fingerprint density at radius 1 is 1.33 bits per heavy atom. The first kappa shape index (κ1) is 17.8. The number of hydrogen-bond donors (Lipinski definition) is 0. The first-order valence-electron chi connectivity index (χ1n) is 8.01. The smallest absolute Gasteiger partial charge is 0.189 e. The molecule has 0 fully saturated rings. The fourth-order valence-corrected chi connectivity index (χ4v) is 2.13. The molecule has 0 bridgehead atoms. The maximum atomic E-state index is 12.1. The number of ether oxygens (including phenoxy) is 2. The number of aromatic nitrogens is 2. The molecule has 5 heteroatoms. The number of hydrogen-bond acceptors (Lipinski definition) is 4. The van der Waals surface area contributed by atoms with E-state index in [1.807, 2.05) is 18.2 Å². The predicted molar refractivity (Wildman–Crippen MR) is 94.5 cm³/mol. The van der Waals surface area contributed by atoms with Gasteiger partial charge in [0.25, 0.3) is 0 Å². The molecule has 0 aliphatic carbocycles. The van der Waals surface area contributed by atoms with E-state index in [1.165, 1.54) is 6.08 Å². The largest absolute Gasteiger partial charge is 0.493 e. The topological polar surface area (TPSA) is 53.3 Å². The molecule has 0 atom stereocenters. The number of allylic oxidation sites excluding steroid dienone is 1. The van der Waals surface area contributed by atoms with E-state index in [-0.39, 0.29) is 5.78 Å².